The van der Waals surface area contributed by atoms with Crippen molar-refractivity contribution in [1.82, 2.24) is 14.5 Å². The maximum absolute atomic E-state index is 5.31. The van der Waals surface area contributed by atoms with Crippen LogP contribution in [0.15, 0.2) is 176 Å². The molecule has 3 heteroatoms. The molecule has 0 bridgehead atoms. The molecule has 9 aromatic rings. The third kappa shape index (κ3) is 4.02. The van der Waals surface area contributed by atoms with E-state index >= 15 is 0 Å². The lowest BCUT2D eigenvalue weighted by Crippen LogP contribution is -2.29. The van der Waals surface area contributed by atoms with Gasteiger partial charge in [0, 0.05) is 17.1 Å². The number of hydrogen-bond acceptors (Lipinski definition) is 2. The van der Waals surface area contributed by atoms with Crippen molar-refractivity contribution in [2.75, 3.05) is 0 Å². The second kappa shape index (κ2) is 11.1. The van der Waals surface area contributed by atoms with E-state index in [2.05, 4.69) is 168 Å². The first-order chi connectivity index (χ1) is 25.8. The van der Waals surface area contributed by atoms with Crippen molar-refractivity contribution < 1.29 is 0 Å². The van der Waals surface area contributed by atoms with E-state index in [1.807, 2.05) is 24.4 Å². The Morgan fingerprint density at radius 3 is 1.85 bits per heavy atom. The summed E-state index contributed by atoms with van der Waals surface area (Å²) in [6.07, 6.45) is 6.43. The van der Waals surface area contributed by atoms with Crippen LogP contribution >= 0.6 is 0 Å². The van der Waals surface area contributed by atoms with Gasteiger partial charge in [0.15, 0.2) is 0 Å². The fourth-order valence-electron chi connectivity index (χ4n) is 8.89. The first-order valence-corrected chi connectivity index (χ1v) is 17.8. The Labute approximate surface area is 301 Å². The van der Waals surface area contributed by atoms with E-state index in [9.17, 15) is 0 Å². The highest BCUT2D eigenvalue weighted by Gasteiger charge is 2.48. The van der Waals surface area contributed by atoms with Crippen molar-refractivity contribution in [2.24, 2.45) is 0 Å². The number of hydrogen-bond donors (Lipinski definition) is 0. The van der Waals surface area contributed by atoms with Crippen LogP contribution < -0.4 is 0 Å². The van der Waals surface area contributed by atoms with Crippen molar-refractivity contribution in [3.63, 3.8) is 0 Å². The molecule has 3 aromatic heterocycles. The van der Waals surface area contributed by atoms with Crippen LogP contribution in [0.4, 0.5) is 0 Å². The standard InChI is InChI=1S/C49H31N3/c1-2-14-34(15-3-1)44-26-28-46-48(51-44)39-30-35(24-27-45(39)52(46)47-20-10-11-29-50-47)36-23-25-38-37-16-6-9-19-42(37)49(43(38)31-36)40-17-7-4-12-32(40)21-22-33-13-5-8-18-41(33)49/h1-31H. The van der Waals surface area contributed by atoms with Gasteiger partial charge in [-0.3, -0.25) is 4.57 Å². The fraction of sp³-hybridized carbons (Fsp3) is 0.0204. The molecule has 0 aliphatic heterocycles. The summed E-state index contributed by atoms with van der Waals surface area (Å²) in [4.78, 5) is 10.1. The third-order valence-electron chi connectivity index (χ3n) is 11.1. The lowest BCUT2D eigenvalue weighted by atomic mass is 9.66. The van der Waals surface area contributed by atoms with Crippen molar-refractivity contribution in [3.05, 3.63) is 209 Å². The number of pyridine rings is 2. The molecule has 0 amide bonds. The van der Waals surface area contributed by atoms with Gasteiger partial charge in [0.05, 0.1) is 27.7 Å². The molecule has 2 aliphatic carbocycles. The molecular weight excluding hydrogens is 631 g/mol. The highest BCUT2D eigenvalue weighted by atomic mass is 15.1. The highest BCUT2D eigenvalue weighted by molar-refractivity contribution is 6.09. The number of fused-ring (bicyclic) bond motifs is 12. The van der Waals surface area contributed by atoms with Gasteiger partial charge in [-0.2, -0.15) is 0 Å². The normalized spacial score (nSPS) is 13.5. The Morgan fingerprint density at radius 2 is 1.08 bits per heavy atom. The van der Waals surface area contributed by atoms with E-state index in [1.54, 1.807) is 0 Å². The first-order valence-electron chi connectivity index (χ1n) is 17.8. The Balaban J connectivity index is 1.18. The van der Waals surface area contributed by atoms with Crippen LogP contribution in [0.5, 0.6) is 0 Å². The lowest BCUT2D eigenvalue weighted by Gasteiger charge is -2.35. The Hall–Kier alpha value is -6.84. The molecule has 3 heterocycles. The van der Waals surface area contributed by atoms with Gasteiger partial charge in [-0.25, -0.2) is 9.97 Å². The fourth-order valence-corrected chi connectivity index (χ4v) is 8.89. The van der Waals surface area contributed by atoms with E-state index in [0.717, 1.165) is 44.6 Å². The van der Waals surface area contributed by atoms with Crippen molar-refractivity contribution in [2.45, 2.75) is 5.41 Å². The Morgan fingerprint density at radius 1 is 0.442 bits per heavy atom. The average molecular weight is 662 g/mol. The van der Waals surface area contributed by atoms with Crippen LogP contribution in [-0.4, -0.2) is 14.5 Å². The molecule has 0 atom stereocenters. The summed E-state index contributed by atoms with van der Waals surface area (Å²) in [5, 5.41) is 1.10. The topological polar surface area (TPSA) is 30.7 Å². The number of aromatic nitrogens is 3. The van der Waals surface area contributed by atoms with Crippen molar-refractivity contribution in [3.8, 4) is 39.3 Å². The van der Waals surface area contributed by atoms with E-state index < -0.39 is 5.41 Å². The molecule has 0 fully saturated rings. The molecule has 1 spiro atoms. The summed E-state index contributed by atoms with van der Waals surface area (Å²) in [6.45, 7) is 0. The lowest BCUT2D eigenvalue weighted by molar-refractivity contribution is 0.766. The molecule has 6 aromatic carbocycles. The van der Waals surface area contributed by atoms with E-state index in [1.165, 1.54) is 50.1 Å². The minimum atomic E-state index is -0.468. The maximum atomic E-state index is 5.31. The molecule has 0 N–H and O–H groups in total. The molecule has 0 unspecified atom stereocenters. The van der Waals surface area contributed by atoms with Crippen molar-refractivity contribution in [1.29, 1.82) is 0 Å². The zero-order valence-electron chi connectivity index (χ0n) is 28.2. The molecule has 3 nitrogen and oxygen atoms in total. The SMILES string of the molecule is C1=Cc2ccccc2C2(c3ccccc31)c1ccccc1-c1ccc(-c3ccc4c(c3)c3nc(-c5ccccc5)ccc3n4-c3ccccn3)cc12. The van der Waals surface area contributed by atoms with Crippen molar-refractivity contribution >= 4 is 34.1 Å². The van der Waals surface area contributed by atoms with Gasteiger partial charge in [-0.15, -0.1) is 0 Å². The summed E-state index contributed by atoms with van der Waals surface area (Å²) in [5.74, 6) is 0.876. The van der Waals surface area contributed by atoms with Gasteiger partial charge in [-0.1, -0.05) is 140 Å². The van der Waals surface area contributed by atoms with Crippen LogP contribution in [0.1, 0.15) is 33.4 Å². The number of rotatable bonds is 3. The van der Waals surface area contributed by atoms with Crippen LogP contribution in [0, 0.1) is 0 Å². The van der Waals surface area contributed by atoms with Gasteiger partial charge >= 0.3 is 0 Å². The summed E-state index contributed by atoms with van der Waals surface area (Å²) in [7, 11) is 0. The van der Waals surface area contributed by atoms with Gasteiger partial charge in [0.1, 0.15) is 5.82 Å². The monoisotopic (exact) mass is 661 g/mol. The van der Waals surface area contributed by atoms with Crippen LogP contribution in [0.3, 0.4) is 0 Å². The van der Waals surface area contributed by atoms with Crippen LogP contribution in [-0.2, 0) is 5.41 Å². The quantitative estimate of drug-likeness (QED) is 0.189. The predicted octanol–water partition coefficient (Wildman–Crippen LogP) is 11.8. The molecule has 0 saturated carbocycles. The summed E-state index contributed by atoms with van der Waals surface area (Å²) < 4.78 is 2.23. The number of benzene rings is 6. The van der Waals surface area contributed by atoms with E-state index in [4.69, 9.17) is 9.97 Å². The highest BCUT2D eigenvalue weighted by Crippen LogP contribution is 2.59. The molecular formula is C49H31N3. The number of nitrogens with zero attached hydrogens (tertiary/aromatic N) is 3. The molecule has 0 radical (unpaired) electrons. The summed E-state index contributed by atoms with van der Waals surface area (Å²) >= 11 is 0. The zero-order valence-corrected chi connectivity index (χ0v) is 28.2. The molecule has 0 saturated heterocycles. The molecule has 52 heavy (non-hydrogen) atoms. The minimum Gasteiger partial charge on any atom is -0.292 e. The van der Waals surface area contributed by atoms with Gasteiger partial charge in [-0.05, 0) is 98.1 Å². The minimum absolute atomic E-state index is 0.468. The molecule has 2 aliphatic rings. The largest absolute Gasteiger partial charge is 0.292 e. The summed E-state index contributed by atoms with van der Waals surface area (Å²) in [5.41, 5.74) is 17.3. The zero-order chi connectivity index (χ0) is 34.2. The Bertz CT molecular complexity index is 2850. The van der Waals surface area contributed by atoms with Gasteiger partial charge in [0.2, 0.25) is 0 Å². The van der Waals surface area contributed by atoms with E-state index in [0.29, 0.717) is 0 Å². The Kier molecular flexibility index (Phi) is 6.17. The first kappa shape index (κ1) is 28.9. The molecule has 11 rings (SSSR count). The second-order valence-electron chi connectivity index (χ2n) is 13.7. The van der Waals surface area contributed by atoms with E-state index in [-0.39, 0.29) is 0 Å². The second-order valence-corrected chi connectivity index (χ2v) is 13.7. The van der Waals surface area contributed by atoms with Crippen LogP contribution in [0.2, 0.25) is 0 Å². The average Bonchev–Trinajstić information content (AvgIpc) is 3.64. The van der Waals surface area contributed by atoms with Crippen LogP contribution in [0.25, 0.3) is 73.4 Å². The van der Waals surface area contributed by atoms with Gasteiger partial charge < -0.3 is 0 Å². The smallest absolute Gasteiger partial charge is 0.137 e. The third-order valence-corrected chi connectivity index (χ3v) is 11.1. The summed E-state index contributed by atoms with van der Waals surface area (Å²) in [6, 6.07) is 61.5. The maximum Gasteiger partial charge on any atom is 0.137 e. The predicted molar refractivity (Wildman–Crippen MR) is 213 cm³/mol. The van der Waals surface area contributed by atoms with Gasteiger partial charge in [0.25, 0.3) is 0 Å². The molecule has 242 valence electrons.